The quantitative estimate of drug-likeness (QED) is 0.350. The van der Waals surface area contributed by atoms with Crippen LogP contribution in [0.2, 0.25) is 0 Å². The van der Waals surface area contributed by atoms with E-state index < -0.39 is 17.6 Å². The molecule has 204 valence electrons. The number of piperidine rings is 1. The van der Waals surface area contributed by atoms with Crippen molar-refractivity contribution in [3.8, 4) is 0 Å². The van der Waals surface area contributed by atoms with Crippen LogP contribution in [-0.2, 0) is 11.0 Å². The van der Waals surface area contributed by atoms with Gasteiger partial charge in [-0.05, 0) is 79.4 Å². The topological polar surface area (TPSA) is 90.5 Å². The lowest BCUT2D eigenvalue weighted by Gasteiger charge is -2.30. The van der Waals surface area contributed by atoms with E-state index in [0.717, 1.165) is 38.1 Å². The Bertz CT molecular complexity index is 1330. The van der Waals surface area contributed by atoms with Crippen molar-refractivity contribution in [1.82, 2.24) is 4.90 Å². The monoisotopic (exact) mass is 538 g/mol. The van der Waals surface area contributed by atoms with Gasteiger partial charge in [0.1, 0.15) is 0 Å². The third-order valence-electron chi connectivity index (χ3n) is 6.51. The molecule has 0 aromatic heterocycles. The number of anilines is 3. The van der Waals surface area contributed by atoms with Crippen molar-refractivity contribution in [2.75, 3.05) is 35.6 Å². The molecule has 1 fully saturated rings. The van der Waals surface area contributed by atoms with Crippen LogP contribution in [0, 0.1) is 5.92 Å². The highest BCUT2D eigenvalue weighted by Crippen LogP contribution is 2.30. The molecule has 3 aromatic carbocycles. The third-order valence-corrected chi connectivity index (χ3v) is 6.51. The van der Waals surface area contributed by atoms with E-state index in [9.17, 15) is 27.6 Å². The van der Waals surface area contributed by atoms with E-state index in [2.05, 4.69) is 22.9 Å². The lowest BCUT2D eigenvalue weighted by Crippen LogP contribution is -2.37. The van der Waals surface area contributed by atoms with Gasteiger partial charge in [-0.25, -0.2) is 0 Å². The second-order valence-electron chi connectivity index (χ2n) is 9.57. The SMILES string of the molecule is CC1CCN(C(=O)c2ccc(NC(=O)CNc3cccc(C(=O)Nc4cccc(C(F)(F)F)c4)c3)cc2)CC1. The van der Waals surface area contributed by atoms with Gasteiger partial charge in [0.25, 0.3) is 11.8 Å². The second kappa shape index (κ2) is 12.0. The maximum Gasteiger partial charge on any atom is 0.416 e. The van der Waals surface area contributed by atoms with Gasteiger partial charge in [0, 0.05) is 41.3 Å². The number of nitrogens with one attached hydrogen (secondary N) is 3. The molecule has 0 spiro atoms. The highest BCUT2D eigenvalue weighted by atomic mass is 19.4. The molecule has 3 aromatic rings. The number of hydrogen-bond donors (Lipinski definition) is 3. The van der Waals surface area contributed by atoms with E-state index in [1.54, 1.807) is 36.4 Å². The lowest BCUT2D eigenvalue weighted by molar-refractivity contribution is -0.137. The Morgan fingerprint density at radius 1 is 0.821 bits per heavy atom. The molecule has 10 heteroatoms. The summed E-state index contributed by atoms with van der Waals surface area (Å²) in [5, 5.41) is 8.14. The number of likely N-dealkylation sites (tertiary alicyclic amines) is 1. The highest BCUT2D eigenvalue weighted by molar-refractivity contribution is 6.05. The Labute approximate surface area is 224 Å². The fourth-order valence-electron chi connectivity index (χ4n) is 4.22. The van der Waals surface area contributed by atoms with Crippen LogP contribution < -0.4 is 16.0 Å². The van der Waals surface area contributed by atoms with Gasteiger partial charge in [0.05, 0.1) is 12.1 Å². The Morgan fingerprint density at radius 3 is 2.18 bits per heavy atom. The Balaban J connectivity index is 1.29. The van der Waals surface area contributed by atoms with E-state index in [0.29, 0.717) is 22.9 Å². The van der Waals surface area contributed by atoms with E-state index in [1.165, 1.54) is 24.3 Å². The number of nitrogens with zero attached hydrogens (tertiary/aromatic N) is 1. The van der Waals surface area contributed by atoms with Gasteiger partial charge in [-0.2, -0.15) is 13.2 Å². The van der Waals surface area contributed by atoms with E-state index in [-0.39, 0.29) is 29.6 Å². The van der Waals surface area contributed by atoms with Crippen LogP contribution in [0.3, 0.4) is 0 Å². The molecular formula is C29H29F3N4O3. The molecule has 7 nitrogen and oxygen atoms in total. The second-order valence-corrected chi connectivity index (χ2v) is 9.57. The first-order chi connectivity index (χ1) is 18.6. The maximum atomic E-state index is 12.9. The average molecular weight is 539 g/mol. The van der Waals surface area contributed by atoms with Crippen LogP contribution in [0.1, 0.15) is 46.0 Å². The number of alkyl halides is 3. The van der Waals surface area contributed by atoms with Gasteiger partial charge >= 0.3 is 6.18 Å². The molecule has 1 aliphatic heterocycles. The third kappa shape index (κ3) is 7.59. The fraction of sp³-hybridized carbons (Fsp3) is 0.276. The van der Waals surface area contributed by atoms with E-state index in [1.807, 2.05) is 4.90 Å². The molecule has 1 saturated heterocycles. The van der Waals surface area contributed by atoms with Crippen molar-refractivity contribution in [2.24, 2.45) is 5.92 Å². The first-order valence-corrected chi connectivity index (χ1v) is 12.6. The van der Waals surface area contributed by atoms with Crippen molar-refractivity contribution in [3.05, 3.63) is 89.5 Å². The summed E-state index contributed by atoms with van der Waals surface area (Å²) in [5.74, 6) is -0.309. The fourth-order valence-corrected chi connectivity index (χ4v) is 4.22. The van der Waals surface area contributed by atoms with Gasteiger partial charge in [-0.1, -0.05) is 19.1 Å². The predicted molar refractivity (Wildman–Crippen MR) is 144 cm³/mol. The molecule has 1 aliphatic rings. The zero-order valence-electron chi connectivity index (χ0n) is 21.3. The maximum absolute atomic E-state index is 12.9. The summed E-state index contributed by atoms with van der Waals surface area (Å²) in [6, 6.07) is 17.4. The lowest BCUT2D eigenvalue weighted by atomic mass is 9.98. The van der Waals surface area contributed by atoms with Crippen molar-refractivity contribution in [2.45, 2.75) is 25.9 Å². The minimum absolute atomic E-state index is 0.0154. The molecule has 0 atom stereocenters. The predicted octanol–water partition coefficient (Wildman–Crippen LogP) is 5.88. The standard InChI is InChI=1S/C29H29F3N4O3/c1-19-12-14-36(15-13-19)28(39)20-8-10-23(11-9-20)34-26(37)18-33-24-6-2-4-21(16-24)27(38)35-25-7-3-5-22(17-25)29(30,31)32/h2-11,16-17,19,33H,12-15,18H2,1H3,(H,34,37)(H,35,38). The first-order valence-electron chi connectivity index (χ1n) is 12.6. The van der Waals surface area contributed by atoms with Crippen LogP contribution in [0.25, 0.3) is 0 Å². The first kappa shape index (κ1) is 27.7. The zero-order valence-corrected chi connectivity index (χ0v) is 21.3. The zero-order chi connectivity index (χ0) is 28.0. The number of rotatable bonds is 7. The van der Waals surface area contributed by atoms with Crippen molar-refractivity contribution in [3.63, 3.8) is 0 Å². The number of carbonyl (C=O) groups is 3. The molecule has 0 aliphatic carbocycles. The molecule has 0 saturated carbocycles. The van der Waals surface area contributed by atoms with E-state index in [4.69, 9.17) is 0 Å². The van der Waals surface area contributed by atoms with Crippen LogP contribution in [0.4, 0.5) is 30.2 Å². The summed E-state index contributed by atoms with van der Waals surface area (Å²) in [5.41, 5.74) is 0.964. The van der Waals surface area contributed by atoms with Gasteiger partial charge in [-0.3, -0.25) is 14.4 Å². The number of amides is 3. The van der Waals surface area contributed by atoms with Gasteiger partial charge in [0.2, 0.25) is 5.91 Å². The molecule has 1 heterocycles. The summed E-state index contributed by atoms with van der Waals surface area (Å²) >= 11 is 0. The number of hydrogen-bond acceptors (Lipinski definition) is 4. The normalized spacial score (nSPS) is 14.0. The highest BCUT2D eigenvalue weighted by Gasteiger charge is 2.30. The average Bonchev–Trinajstić information content (AvgIpc) is 2.92. The van der Waals surface area contributed by atoms with Gasteiger partial charge in [0.15, 0.2) is 0 Å². The minimum atomic E-state index is -4.52. The molecule has 0 radical (unpaired) electrons. The molecule has 0 bridgehead atoms. The minimum Gasteiger partial charge on any atom is -0.376 e. The van der Waals surface area contributed by atoms with Crippen LogP contribution in [0.15, 0.2) is 72.8 Å². The summed E-state index contributed by atoms with van der Waals surface area (Å²) in [4.78, 5) is 39.5. The van der Waals surface area contributed by atoms with E-state index >= 15 is 0 Å². The number of carbonyl (C=O) groups excluding carboxylic acids is 3. The van der Waals surface area contributed by atoms with Gasteiger partial charge in [-0.15, -0.1) is 0 Å². The molecular weight excluding hydrogens is 509 g/mol. The molecule has 3 amide bonds. The van der Waals surface area contributed by atoms with Crippen molar-refractivity contribution < 1.29 is 27.6 Å². The van der Waals surface area contributed by atoms with Crippen LogP contribution >= 0.6 is 0 Å². The summed E-state index contributed by atoms with van der Waals surface area (Å²) in [7, 11) is 0. The molecule has 4 rings (SSSR count). The molecule has 3 N–H and O–H groups in total. The smallest absolute Gasteiger partial charge is 0.376 e. The molecule has 39 heavy (non-hydrogen) atoms. The Hall–Kier alpha value is -4.34. The van der Waals surface area contributed by atoms with Gasteiger partial charge < -0.3 is 20.9 Å². The van der Waals surface area contributed by atoms with Crippen molar-refractivity contribution in [1.29, 1.82) is 0 Å². The largest absolute Gasteiger partial charge is 0.416 e. The summed E-state index contributed by atoms with van der Waals surface area (Å²) < 4.78 is 38.8. The number of halogens is 3. The van der Waals surface area contributed by atoms with Crippen molar-refractivity contribution >= 4 is 34.8 Å². The van der Waals surface area contributed by atoms with Crippen LogP contribution in [-0.4, -0.2) is 42.3 Å². The number of benzene rings is 3. The molecule has 0 unspecified atom stereocenters. The Kier molecular flexibility index (Phi) is 8.53. The van der Waals surface area contributed by atoms with Crippen LogP contribution in [0.5, 0.6) is 0 Å². The summed E-state index contributed by atoms with van der Waals surface area (Å²) in [6.07, 6.45) is -2.52. The summed E-state index contributed by atoms with van der Waals surface area (Å²) in [6.45, 7) is 3.59. The Morgan fingerprint density at radius 2 is 1.49 bits per heavy atom.